The van der Waals surface area contributed by atoms with Gasteiger partial charge in [0.25, 0.3) is 0 Å². The first-order chi connectivity index (χ1) is 6.84. The minimum atomic E-state index is -0.0668. The predicted molar refractivity (Wildman–Crippen MR) is 58.2 cm³/mol. The lowest BCUT2D eigenvalue weighted by molar-refractivity contribution is 0.0612. The topological polar surface area (TPSA) is 23.5 Å². The molecule has 2 aliphatic rings. The molecule has 2 heteroatoms. The van der Waals surface area contributed by atoms with Gasteiger partial charge in [-0.25, -0.2) is 0 Å². The van der Waals surface area contributed by atoms with E-state index in [2.05, 4.69) is 17.1 Å². The van der Waals surface area contributed by atoms with E-state index in [4.69, 9.17) is 0 Å². The number of hydrogen-bond acceptors (Lipinski definition) is 2. The maximum atomic E-state index is 9.55. The van der Waals surface area contributed by atoms with Crippen molar-refractivity contribution in [2.24, 2.45) is 5.92 Å². The summed E-state index contributed by atoms with van der Waals surface area (Å²) in [5.41, 5.74) is 0. The van der Waals surface area contributed by atoms with Crippen molar-refractivity contribution < 1.29 is 5.11 Å². The molecule has 0 aromatic carbocycles. The van der Waals surface area contributed by atoms with Crippen LogP contribution in [0.5, 0.6) is 0 Å². The summed E-state index contributed by atoms with van der Waals surface area (Å²) in [6.45, 7) is 3.29. The van der Waals surface area contributed by atoms with E-state index in [1.165, 1.54) is 38.8 Å². The molecule has 0 aromatic rings. The first-order valence-corrected chi connectivity index (χ1v) is 5.90. The van der Waals surface area contributed by atoms with Gasteiger partial charge in [0.15, 0.2) is 0 Å². The second-order valence-electron chi connectivity index (χ2n) is 4.71. The number of aliphatic hydroxyl groups excluding tert-OH is 1. The Morgan fingerprint density at radius 1 is 1.29 bits per heavy atom. The zero-order valence-electron chi connectivity index (χ0n) is 8.86. The average molecular weight is 195 g/mol. The Morgan fingerprint density at radius 3 is 2.93 bits per heavy atom. The molecule has 0 bridgehead atoms. The summed E-state index contributed by atoms with van der Waals surface area (Å²) < 4.78 is 0. The van der Waals surface area contributed by atoms with Crippen molar-refractivity contribution in [3.8, 4) is 0 Å². The van der Waals surface area contributed by atoms with E-state index in [0.29, 0.717) is 0 Å². The first kappa shape index (κ1) is 10.2. The third-order valence-corrected chi connectivity index (χ3v) is 3.37. The highest BCUT2D eigenvalue weighted by Gasteiger charge is 2.20. The smallest absolute Gasteiger partial charge is 0.0667 e. The number of likely N-dealkylation sites (tertiary alicyclic amines) is 1. The average Bonchev–Trinajstić information content (AvgIpc) is 2.19. The Bertz CT molecular complexity index is 202. The van der Waals surface area contributed by atoms with Gasteiger partial charge in [-0.05, 0) is 44.6 Å². The normalized spacial score (nSPS) is 34.6. The molecule has 1 aliphatic carbocycles. The lowest BCUT2D eigenvalue weighted by Crippen LogP contribution is -2.41. The number of β-amino-alcohol motifs (C(OH)–C–C–N with tert-alkyl or cyclic N) is 1. The highest BCUT2D eigenvalue weighted by Crippen LogP contribution is 2.21. The molecule has 0 unspecified atom stereocenters. The van der Waals surface area contributed by atoms with Gasteiger partial charge in [0, 0.05) is 13.1 Å². The molecule has 14 heavy (non-hydrogen) atoms. The van der Waals surface area contributed by atoms with Crippen LogP contribution in [0.4, 0.5) is 0 Å². The van der Waals surface area contributed by atoms with Crippen molar-refractivity contribution in [3.63, 3.8) is 0 Å². The fraction of sp³-hybridized carbons (Fsp3) is 0.833. The number of piperidine rings is 1. The second-order valence-corrected chi connectivity index (χ2v) is 4.71. The molecule has 1 heterocycles. The van der Waals surface area contributed by atoms with Gasteiger partial charge in [-0.15, -0.1) is 0 Å². The summed E-state index contributed by atoms with van der Waals surface area (Å²) in [6.07, 6.45) is 10.5. The molecule has 0 amide bonds. The van der Waals surface area contributed by atoms with E-state index in [-0.39, 0.29) is 6.10 Å². The molecule has 80 valence electrons. The van der Waals surface area contributed by atoms with Crippen LogP contribution in [0.15, 0.2) is 12.2 Å². The monoisotopic (exact) mass is 195 g/mol. The van der Waals surface area contributed by atoms with Crippen LogP contribution >= 0.6 is 0 Å². The van der Waals surface area contributed by atoms with E-state index >= 15 is 0 Å². The van der Waals surface area contributed by atoms with Crippen LogP contribution in [-0.2, 0) is 0 Å². The van der Waals surface area contributed by atoms with Crippen LogP contribution in [0.1, 0.15) is 32.1 Å². The molecule has 1 N–H and O–H groups in total. The number of hydrogen-bond donors (Lipinski definition) is 1. The summed E-state index contributed by atoms with van der Waals surface area (Å²) in [4.78, 5) is 2.44. The number of allylic oxidation sites excluding steroid dienone is 2. The fourth-order valence-corrected chi connectivity index (χ4v) is 2.58. The minimum absolute atomic E-state index is 0.0668. The standard InChI is InChI=1S/C12H21NO/c14-12-7-4-8-13(10-12)9-11-5-2-1-3-6-11/h1-2,11-12,14H,3-10H2/t11-,12-/m0/s1. The summed E-state index contributed by atoms with van der Waals surface area (Å²) >= 11 is 0. The maximum Gasteiger partial charge on any atom is 0.0667 e. The van der Waals surface area contributed by atoms with Crippen LogP contribution in [0.3, 0.4) is 0 Å². The molecule has 2 nitrogen and oxygen atoms in total. The third kappa shape index (κ3) is 2.82. The van der Waals surface area contributed by atoms with Gasteiger partial charge >= 0.3 is 0 Å². The van der Waals surface area contributed by atoms with Crippen molar-refractivity contribution in [1.29, 1.82) is 0 Å². The molecular weight excluding hydrogens is 174 g/mol. The summed E-state index contributed by atoms with van der Waals surface area (Å²) in [7, 11) is 0. The predicted octanol–water partition coefficient (Wildman–Crippen LogP) is 1.80. The molecule has 0 saturated carbocycles. The summed E-state index contributed by atoms with van der Waals surface area (Å²) in [5, 5.41) is 9.55. The molecule has 1 saturated heterocycles. The second kappa shape index (κ2) is 4.94. The Labute approximate surface area is 86.6 Å². The van der Waals surface area contributed by atoms with Gasteiger partial charge in [0.2, 0.25) is 0 Å². The first-order valence-electron chi connectivity index (χ1n) is 5.90. The molecule has 2 rings (SSSR count). The summed E-state index contributed by atoms with van der Waals surface area (Å²) in [5.74, 6) is 0.838. The highest BCUT2D eigenvalue weighted by atomic mass is 16.3. The lowest BCUT2D eigenvalue weighted by atomic mass is 9.93. The minimum Gasteiger partial charge on any atom is -0.392 e. The molecule has 1 aliphatic heterocycles. The Kier molecular flexibility index (Phi) is 3.60. The van der Waals surface area contributed by atoms with Crippen LogP contribution < -0.4 is 0 Å². The van der Waals surface area contributed by atoms with E-state index in [1.54, 1.807) is 0 Å². The quantitative estimate of drug-likeness (QED) is 0.679. The third-order valence-electron chi connectivity index (χ3n) is 3.37. The van der Waals surface area contributed by atoms with Crippen molar-refractivity contribution in [2.45, 2.75) is 38.2 Å². The van der Waals surface area contributed by atoms with E-state index in [9.17, 15) is 5.11 Å². The van der Waals surface area contributed by atoms with Gasteiger partial charge < -0.3 is 10.0 Å². The van der Waals surface area contributed by atoms with Gasteiger partial charge in [-0.2, -0.15) is 0 Å². The highest BCUT2D eigenvalue weighted by molar-refractivity contribution is 4.91. The SMILES string of the molecule is O[C@H]1CCCN(C[C@H]2CC=CCC2)C1. The Balaban J connectivity index is 1.75. The molecule has 0 spiro atoms. The zero-order valence-corrected chi connectivity index (χ0v) is 8.86. The number of aliphatic hydroxyl groups is 1. The molecule has 0 aromatic heterocycles. The maximum absolute atomic E-state index is 9.55. The van der Waals surface area contributed by atoms with Crippen molar-refractivity contribution in [1.82, 2.24) is 4.90 Å². The largest absolute Gasteiger partial charge is 0.392 e. The van der Waals surface area contributed by atoms with Crippen molar-refractivity contribution in [2.75, 3.05) is 19.6 Å². The van der Waals surface area contributed by atoms with E-state index in [1.807, 2.05) is 0 Å². The summed E-state index contributed by atoms with van der Waals surface area (Å²) in [6, 6.07) is 0. The Morgan fingerprint density at radius 2 is 2.21 bits per heavy atom. The van der Waals surface area contributed by atoms with Crippen LogP contribution in [0, 0.1) is 5.92 Å². The van der Waals surface area contributed by atoms with E-state index < -0.39 is 0 Å². The van der Waals surface area contributed by atoms with Crippen LogP contribution in [0.2, 0.25) is 0 Å². The van der Waals surface area contributed by atoms with Crippen LogP contribution in [-0.4, -0.2) is 35.7 Å². The van der Waals surface area contributed by atoms with Gasteiger partial charge in [-0.1, -0.05) is 12.2 Å². The molecule has 1 fully saturated rings. The number of nitrogens with zero attached hydrogens (tertiary/aromatic N) is 1. The Hall–Kier alpha value is -0.340. The molecule has 2 atom stereocenters. The van der Waals surface area contributed by atoms with E-state index in [0.717, 1.165) is 18.9 Å². The number of rotatable bonds is 2. The molecule has 0 radical (unpaired) electrons. The molecular formula is C12H21NO. The van der Waals surface area contributed by atoms with Gasteiger partial charge in [0.1, 0.15) is 0 Å². The van der Waals surface area contributed by atoms with Gasteiger partial charge in [0.05, 0.1) is 6.10 Å². The van der Waals surface area contributed by atoms with Gasteiger partial charge in [-0.3, -0.25) is 0 Å². The lowest BCUT2D eigenvalue weighted by Gasteiger charge is -2.33. The van der Waals surface area contributed by atoms with Crippen molar-refractivity contribution in [3.05, 3.63) is 12.2 Å². The zero-order chi connectivity index (χ0) is 9.80. The van der Waals surface area contributed by atoms with Crippen molar-refractivity contribution >= 4 is 0 Å². The van der Waals surface area contributed by atoms with Crippen LogP contribution in [0.25, 0.3) is 0 Å². The fourth-order valence-electron chi connectivity index (χ4n) is 2.58.